The van der Waals surface area contributed by atoms with Crippen molar-refractivity contribution in [2.24, 2.45) is 0 Å². The van der Waals surface area contributed by atoms with E-state index in [4.69, 9.17) is 9.47 Å². The monoisotopic (exact) mass is 444 g/mol. The number of amides is 2. The molecule has 0 bridgehead atoms. The Kier molecular flexibility index (Phi) is 10.4. The highest BCUT2D eigenvalue weighted by atomic mass is 32.2. The zero-order chi connectivity index (χ0) is 22.5. The maximum absolute atomic E-state index is 13.0. The first-order chi connectivity index (χ1) is 15.0. The van der Waals surface area contributed by atoms with Crippen molar-refractivity contribution in [3.63, 3.8) is 0 Å². The van der Waals surface area contributed by atoms with Gasteiger partial charge in [-0.25, -0.2) is 9.59 Å². The maximum atomic E-state index is 13.0. The lowest BCUT2D eigenvalue weighted by atomic mass is 10.0. The minimum absolute atomic E-state index is 0.0882. The summed E-state index contributed by atoms with van der Waals surface area (Å²) in [5.74, 6) is -0.319. The minimum atomic E-state index is -0.910. The number of methoxy groups -OCH3 is 1. The zero-order valence-electron chi connectivity index (χ0n) is 17.7. The van der Waals surface area contributed by atoms with Crippen molar-refractivity contribution in [1.82, 2.24) is 10.6 Å². The van der Waals surface area contributed by atoms with Gasteiger partial charge in [-0.3, -0.25) is 4.79 Å². The predicted octanol–water partition coefficient (Wildman–Crippen LogP) is 2.94. The van der Waals surface area contributed by atoms with Crippen LogP contribution in [0.5, 0.6) is 0 Å². The molecule has 0 aliphatic carbocycles. The van der Waals surface area contributed by atoms with Crippen LogP contribution < -0.4 is 10.6 Å². The first kappa shape index (κ1) is 24.3. The Bertz CT molecular complexity index is 832. The summed E-state index contributed by atoms with van der Waals surface area (Å²) < 4.78 is 10.1. The molecule has 2 N–H and O–H groups in total. The van der Waals surface area contributed by atoms with E-state index >= 15 is 0 Å². The van der Waals surface area contributed by atoms with E-state index in [0.29, 0.717) is 12.2 Å². The van der Waals surface area contributed by atoms with Crippen LogP contribution in [0.1, 0.15) is 17.5 Å². The lowest BCUT2D eigenvalue weighted by molar-refractivity contribution is -0.145. The van der Waals surface area contributed by atoms with Crippen LogP contribution in [0.4, 0.5) is 4.79 Å². The molecule has 31 heavy (non-hydrogen) atoms. The Hall–Kier alpha value is -3.00. The highest BCUT2D eigenvalue weighted by Crippen LogP contribution is 2.08. The van der Waals surface area contributed by atoms with E-state index in [2.05, 4.69) is 10.6 Å². The largest absolute Gasteiger partial charge is 0.467 e. The Labute approximate surface area is 186 Å². The molecular weight excluding hydrogens is 416 g/mol. The summed E-state index contributed by atoms with van der Waals surface area (Å²) in [6.07, 6.45) is 1.89. The summed E-state index contributed by atoms with van der Waals surface area (Å²) in [5.41, 5.74) is 1.70. The molecule has 0 saturated heterocycles. The van der Waals surface area contributed by atoms with Gasteiger partial charge in [0.15, 0.2) is 0 Å². The molecule has 2 amide bonds. The highest BCUT2D eigenvalue weighted by molar-refractivity contribution is 7.98. The molecule has 166 valence electrons. The molecule has 0 spiro atoms. The van der Waals surface area contributed by atoms with Gasteiger partial charge in [0.1, 0.15) is 18.7 Å². The highest BCUT2D eigenvalue weighted by Gasteiger charge is 2.27. The lowest BCUT2D eigenvalue weighted by Gasteiger charge is -2.22. The van der Waals surface area contributed by atoms with Crippen molar-refractivity contribution in [1.29, 1.82) is 0 Å². The van der Waals surface area contributed by atoms with Gasteiger partial charge in [-0.05, 0) is 29.6 Å². The lowest BCUT2D eigenvalue weighted by Crippen LogP contribution is -2.52. The second-order valence-corrected chi connectivity index (χ2v) is 7.80. The number of hydrogen-bond donors (Lipinski definition) is 2. The van der Waals surface area contributed by atoms with E-state index in [0.717, 1.165) is 11.1 Å². The van der Waals surface area contributed by atoms with Crippen molar-refractivity contribution >= 4 is 29.7 Å². The number of rotatable bonds is 11. The van der Waals surface area contributed by atoms with E-state index in [9.17, 15) is 14.4 Å². The van der Waals surface area contributed by atoms with Crippen molar-refractivity contribution in [3.8, 4) is 0 Å². The van der Waals surface area contributed by atoms with Crippen LogP contribution in [0.25, 0.3) is 0 Å². The molecule has 0 unspecified atom stereocenters. The van der Waals surface area contributed by atoms with Gasteiger partial charge in [0.2, 0.25) is 5.91 Å². The van der Waals surface area contributed by atoms with Crippen LogP contribution in [0.3, 0.4) is 0 Å². The number of thioether (sulfide) groups is 1. The summed E-state index contributed by atoms with van der Waals surface area (Å²) in [6, 6.07) is 16.9. The number of alkyl carbamates (subject to hydrolysis) is 1. The number of carbonyl (C=O) groups excluding carboxylic acids is 3. The fourth-order valence-corrected chi connectivity index (χ4v) is 3.34. The van der Waals surface area contributed by atoms with E-state index < -0.39 is 30.1 Å². The van der Waals surface area contributed by atoms with Crippen LogP contribution in [-0.2, 0) is 32.1 Å². The molecular formula is C23H28N2O5S. The Balaban J connectivity index is 2.06. The van der Waals surface area contributed by atoms with Crippen molar-refractivity contribution in [2.75, 3.05) is 19.1 Å². The van der Waals surface area contributed by atoms with Gasteiger partial charge >= 0.3 is 12.1 Å². The van der Waals surface area contributed by atoms with Gasteiger partial charge in [-0.2, -0.15) is 11.8 Å². The molecule has 2 atom stereocenters. The SMILES string of the molecule is COC(=O)[C@H](CCSC)NC(=O)[C@H](Cc1ccccc1)NC(=O)OCc1ccccc1. The van der Waals surface area contributed by atoms with Gasteiger partial charge in [-0.1, -0.05) is 60.7 Å². The Morgan fingerprint density at radius 1 is 0.903 bits per heavy atom. The normalized spacial score (nSPS) is 12.3. The van der Waals surface area contributed by atoms with Crippen LogP contribution in [-0.4, -0.2) is 49.2 Å². The molecule has 0 aromatic heterocycles. The van der Waals surface area contributed by atoms with E-state index in [1.807, 2.05) is 66.9 Å². The maximum Gasteiger partial charge on any atom is 0.408 e. The first-order valence-corrected chi connectivity index (χ1v) is 11.3. The second kappa shape index (κ2) is 13.3. The molecule has 8 heteroatoms. The van der Waals surface area contributed by atoms with Crippen LogP contribution >= 0.6 is 11.8 Å². The fourth-order valence-electron chi connectivity index (χ4n) is 2.87. The van der Waals surface area contributed by atoms with Crippen LogP contribution in [0.15, 0.2) is 60.7 Å². The number of benzene rings is 2. The minimum Gasteiger partial charge on any atom is -0.467 e. The zero-order valence-corrected chi connectivity index (χ0v) is 18.5. The summed E-state index contributed by atoms with van der Waals surface area (Å²) in [6.45, 7) is 0.0882. The smallest absolute Gasteiger partial charge is 0.408 e. The number of esters is 1. The average molecular weight is 445 g/mol. The number of nitrogens with one attached hydrogen (secondary N) is 2. The number of hydrogen-bond acceptors (Lipinski definition) is 6. The first-order valence-electron chi connectivity index (χ1n) is 9.91. The third kappa shape index (κ3) is 8.72. The third-order valence-corrected chi connectivity index (χ3v) is 5.16. The van der Waals surface area contributed by atoms with Gasteiger partial charge in [0.25, 0.3) is 0 Å². The number of carbonyl (C=O) groups is 3. The molecule has 0 radical (unpaired) electrons. The third-order valence-electron chi connectivity index (χ3n) is 4.52. The van der Waals surface area contributed by atoms with Gasteiger partial charge < -0.3 is 20.1 Å². The predicted molar refractivity (Wildman–Crippen MR) is 121 cm³/mol. The fraction of sp³-hybridized carbons (Fsp3) is 0.348. The molecule has 2 aromatic carbocycles. The molecule has 0 aliphatic rings. The molecule has 7 nitrogen and oxygen atoms in total. The average Bonchev–Trinajstić information content (AvgIpc) is 2.80. The Morgan fingerprint density at radius 2 is 1.52 bits per heavy atom. The van der Waals surface area contributed by atoms with E-state index in [1.165, 1.54) is 7.11 Å². The van der Waals surface area contributed by atoms with Crippen LogP contribution in [0, 0.1) is 0 Å². The van der Waals surface area contributed by atoms with Gasteiger partial charge in [0.05, 0.1) is 7.11 Å². The van der Waals surface area contributed by atoms with Gasteiger partial charge in [0, 0.05) is 6.42 Å². The van der Waals surface area contributed by atoms with Crippen LogP contribution in [0.2, 0.25) is 0 Å². The van der Waals surface area contributed by atoms with Gasteiger partial charge in [-0.15, -0.1) is 0 Å². The molecule has 0 aliphatic heterocycles. The Morgan fingerprint density at radius 3 is 2.10 bits per heavy atom. The van der Waals surface area contributed by atoms with Crippen molar-refractivity contribution < 1.29 is 23.9 Å². The second-order valence-electron chi connectivity index (χ2n) is 6.81. The van der Waals surface area contributed by atoms with E-state index in [1.54, 1.807) is 11.8 Å². The summed E-state index contributed by atoms with van der Waals surface area (Å²) >= 11 is 1.56. The molecule has 0 heterocycles. The molecule has 2 aromatic rings. The standard InChI is InChI=1S/C23H28N2O5S/c1-29-22(27)19(13-14-31-2)24-21(26)20(15-17-9-5-3-6-10-17)25-23(28)30-16-18-11-7-4-8-12-18/h3-12,19-20H,13-16H2,1-2H3,(H,24,26)(H,25,28)/t19-,20-/m0/s1. The molecule has 0 saturated carbocycles. The quantitative estimate of drug-likeness (QED) is 0.518. The van der Waals surface area contributed by atoms with Crippen molar-refractivity contribution in [3.05, 3.63) is 71.8 Å². The molecule has 2 rings (SSSR count). The summed E-state index contributed by atoms with van der Waals surface area (Å²) in [7, 11) is 1.28. The number of ether oxygens (including phenoxy) is 2. The molecule has 0 fully saturated rings. The summed E-state index contributed by atoms with van der Waals surface area (Å²) in [5, 5.41) is 5.33. The van der Waals surface area contributed by atoms with Crippen molar-refractivity contribution in [2.45, 2.75) is 31.5 Å². The topological polar surface area (TPSA) is 93.7 Å². The van der Waals surface area contributed by atoms with E-state index in [-0.39, 0.29) is 13.0 Å². The summed E-state index contributed by atoms with van der Waals surface area (Å²) in [4.78, 5) is 37.4.